The van der Waals surface area contributed by atoms with Gasteiger partial charge in [-0.25, -0.2) is 0 Å². The summed E-state index contributed by atoms with van der Waals surface area (Å²) in [5.41, 5.74) is 0.631. The minimum absolute atomic E-state index is 0.0100. The number of nitrogens with one attached hydrogen (secondary N) is 2. The van der Waals surface area contributed by atoms with Gasteiger partial charge in [0.25, 0.3) is 11.5 Å². The molecule has 0 saturated carbocycles. The summed E-state index contributed by atoms with van der Waals surface area (Å²) in [7, 11) is 1.57. The van der Waals surface area contributed by atoms with Gasteiger partial charge < -0.3 is 23.9 Å². The van der Waals surface area contributed by atoms with Crippen molar-refractivity contribution in [3.8, 4) is 17.2 Å². The van der Waals surface area contributed by atoms with Crippen molar-refractivity contribution in [2.24, 2.45) is 0 Å². The summed E-state index contributed by atoms with van der Waals surface area (Å²) in [6.07, 6.45) is 1.51. The van der Waals surface area contributed by atoms with Crippen LogP contribution >= 0.6 is 0 Å². The number of aromatic nitrogens is 1. The molecular formula is C21H18N2O5. The highest BCUT2D eigenvalue weighted by Crippen LogP contribution is 2.30. The third kappa shape index (κ3) is 3.18. The Kier molecular flexibility index (Phi) is 4.49. The number of carbonyl (C=O) groups is 1. The smallest absolute Gasteiger partial charge is 0.261 e. The van der Waals surface area contributed by atoms with Crippen LogP contribution in [0.1, 0.15) is 29.1 Å². The average molecular weight is 378 g/mol. The molecule has 0 radical (unpaired) electrons. The van der Waals surface area contributed by atoms with Crippen LogP contribution in [0.25, 0.3) is 22.4 Å². The van der Waals surface area contributed by atoms with E-state index < -0.39 is 17.5 Å². The van der Waals surface area contributed by atoms with E-state index in [0.29, 0.717) is 28.5 Å². The summed E-state index contributed by atoms with van der Waals surface area (Å²) in [6, 6.07) is 13.5. The van der Waals surface area contributed by atoms with Gasteiger partial charge in [0.2, 0.25) is 0 Å². The molecule has 1 amide bonds. The largest absolute Gasteiger partial charge is 0.493 e. The van der Waals surface area contributed by atoms with Crippen LogP contribution in [-0.2, 0) is 0 Å². The third-order valence-corrected chi connectivity index (χ3v) is 4.46. The monoisotopic (exact) mass is 378 g/mol. The minimum atomic E-state index is -0.495. The van der Waals surface area contributed by atoms with Crippen molar-refractivity contribution < 1.29 is 18.4 Å². The molecule has 142 valence electrons. The molecule has 7 nitrogen and oxygen atoms in total. The van der Waals surface area contributed by atoms with Crippen molar-refractivity contribution >= 4 is 16.9 Å². The number of para-hydroxylation sites is 1. The molecule has 3 heterocycles. The molecule has 7 heteroatoms. The number of hydrogen-bond donors (Lipinski definition) is 2. The molecule has 28 heavy (non-hydrogen) atoms. The van der Waals surface area contributed by atoms with E-state index in [1.807, 2.05) is 18.2 Å². The summed E-state index contributed by atoms with van der Waals surface area (Å²) in [6.45, 7) is 1.79. The molecule has 1 unspecified atom stereocenters. The zero-order valence-corrected chi connectivity index (χ0v) is 15.3. The highest BCUT2D eigenvalue weighted by Gasteiger charge is 2.19. The SMILES string of the molecule is COc1cccc2cc(C(C)NC(=O)c3ccc(-c4ccco4)[nH]c3=O)oc12. The molecule has 4 rings (SSSR count). The zero-order chi connectivity index (χ0) is 19.7. The molecule has 4 aromatic rings. The van der Waals surface area contributed by atoms with Crippen LogP contribution in [0.5, 0.6) is 5.75 Å². The van der Waals surface area contributed by atoms with E-state index in [1.165, 1.54) is 12.3 Å². The summed E-state index contributed by atoms with van der Waals surface area (Å²) in [5.74, 6) is 1.21. The van der Waals surface area contributed by atoms with Crippen LogP contribution in [0.4, 0.5) is 0 Å². The fraction of sp³-hybridized carbons (Fsp3) is 0.143. The van der Waals surface area contributed by atoms with Crippen LogP contribution in [0.2, 0.25) is 0 Å². The molecule has 2 N–H and O–H groups in total. The molecule has 0 bridgehead atoms. The molecule has 0 aliphatic carbocycles. The van der Waals surface area contributed by atoms with Crippen LogP contribution < -0.4 is 15.6 Å². The number of methoxy groups -OCH3 is 1. The van der Waals surface area contributed by atoms with Crippen LogP contribution in [0.3, 0.4) is 0 Å². The number of benzene rings is 1. The lowest BCUT2D eigenvalue weighted by Crippen LogP contribution is -2.31. The Morgan fingerprint density at radius 2 is 2.04 bits per heavy atom. The molecule has 1 atom stereocenters. The average Bonchev–Trinajstić information content (AvgIpc) is 3.37. The van der Waals surface area contributed by atoms with Gasteiger partial charge >= 0.3 is 0 Å². The van der Waals surface area contributed by atoms with E-state index in [-0.39, 0.29) is 5.56 Å². The van der Waals surface area contributed by atoms with Gasteiger partial charge in [-0.2, -0.15) is 0 Å². The lowest BCUT2D eigenvalue weighted by Gasteiger charge is -2.11. The first kappa shape index (κ1) is 17.7. The summed E-state index contributed by atoms with van der Waals surface area (Å²) in [5, 5.41) is 3.66. The Morgan fingerprint density at radius 3 is 2.75 bits per heavy atom. The van der Waals surface area contributed by atoms with Gasteiger partial charge in [0.05, 0.1) is 25.1 Å². The number of H-pyrrole nitrogens is 1. The Balaban J connectivity index is 1.56. The van der Waals surface area contributed by atoms with Crippen LogP contribution in [0, 0.1) is 0 Å². The molecule has 0 fully saturated rings. The molecule has 3 aromatic heterocycles. The number of carbonyl (C=O) groups excluding carboxylic acids is 1. The first-order valence-corrected chi connectivity index (χ1v) is 8.71. The second kappa shape index (κ2) is 7.11. The second-order valence-corrected chi connectivity index (χ2v) is 6.31. The van der Waals surface area contributed by atoms with E-state index >= 15 is 0 Å². The Hall–Kier alpha value is -3.74. The maximum absolute atomic E-state index is 12.6. The van der Waals surface area contributed by atoms with E-state index in [1.54, 1.807) is 38.3 Å². The van der Waals surface area contributed by atoms with E-state index in [0.717, 1.165) is 5.39 Å². The van der Waals surface area contributed by atoms with Crippen molar-refractivity contribution in [2.75, 3.05) is 7.11 Å². The fourth-order valence-corrected chi connectivity index (χ4v) is 3.00. The van der Waals surface area contributed by atoms with Gasteiger partial charge in [0, 0.05) is 5.39 Å². The lowest BCUT2D eigenvalue weighted by molar-refractivity contribution is 0.0934. The summed E-state index contributed by atoms with van der Waals surface area (Å²) < 4.78 is 16.4. The normalized spacial score (nSPS) is 12.1. The van der Waals surface area contributed by atoms with Crippen LogP contribution in [0.15, 0.2) is 68.4 Å². The number of aromatic amines is 1. The van der Waals surface area contributed by atoms with E-state index in [4.69, 9.17) is 13.6 Å². The van der Waals surface area contributed by atoms with Crippen molar-refractivity contribution in [1.29, 1.82) is 0 Å². The summed E-state index contributed by atoms with van der Waals surface area (Å²) >= 11 is 0. The number of pyridine rings is 1. The zero-order valence-electron chi connectivity index (χ0n) is 15.3. The molecule has 0 saturated heterocycles. The lowest BCUT2D eigenvalue weighted by atomic mass is 10.1. The van der Waals surface area contributed by atoms with Crippen molar-refractivity contribution in [3.05, 3.63) is 76.5 Å². The number of ether oxygens (including phenoxy) is 1. The van der Waals surface area contributed by atoms with Crippen molar-refractivity contribution in [1.82, 2.24) is 10.3 Å². The van der Waals surface area contributed by atoms with Crippen molar-refractivity contribution in [2.45, 2.75) is 13.0 Å². The number of fused-ring (bicyclic) bond motifs is 1. The van der Waals surface area contributed by atoms with Gasteiger partial charge in [-0.15, -0.1) is 0 Å². The molecule has 1 aromatic carbocycles. The molecule has 0 aliphatic rings. The standard InChI is InChI=1S/C21H18N2O5/c1-12(18-11-13-5-3-6-17(26-2)19(13)28-18)22-20(24)14-8-9-15(23-21(14)25)16-7-4-10-27-16/h3-12H,1-2H3,(H,22,24)(H,23,25). The van der Waals surface area contributed by atoms with Gasteiger partial charge in [-0.05, 0) is 43.3 Å². The van der Waals surface area contributed by atoms with Gasteiger partial charge in [0.15, 0.2) is 11.3 Å². The number of amides is 1. The Bertz CT molecular complexity index is 1190. The Labute approximate surface area is 159 Å². The predicted molar refractivity (Wildman–Crippen MR) is 103 cm³/mol. The summed E-state index contributed by atoms with van der Waals surface area (Å²) in [4.78, 5) is 27.5. The number of furan rings is 2. The Morgan fingerprint density at radius 1 is 1.18 bits per heavy atom. The number of hydrogen-bond acceptors (Lipinski definition) is 5. The third-order valence-electron chi connectivity index (χ3n) is 4.46. The maximum atomic E-state index is 12.6. The van der Waals surface area contributed by atoms with Gasteiger partial charge in [0.1, 0.15) is 17.1 Å². The highest BCUT2D eigenvalue weighted by atomic mass is 16.5. The quantitative estimate of drug-likeness (QED) is 0.549. The van der Waals surface area contributed by atoms with E-state index in [9.17, 15) is 9.59 Å². The van der Waals surface area contributed by atoms with E-state index in [2.05, 4.69) is 10.3 Å². The second-order valence-electron chi connectivity index (χ2n) is 6.31. The first-order chi connectivity index (χ1) is 13.6. The topological polar surface area (TPSA) is 97.5 Å². The van der Waals surface area contributed by atoms with Gasteiger partial charge in [-0.1, -0.05) is 12.1 Å². The fourth-order valence-electron chi connectivity index (χ4n) is 3.00. The minimum Gasteiger partial charge on any atom is -0.493 e. The maximum Gasteiger partial charge on any atom is 0.261 e. The highest BCUT2D eigenvalue weighted by molar-refractivity contribution is 5.94. The van der Waals surface area contributed by atoms with Gasteiger partial charge in [-0.3, -0.25) is 9.59 Å². The number of rotatable bonds is 5. The molecular weight excluding hydrogens is 360 g/mol. The molecule has 0 aliphatic heterocycles. The first-order valence-electron chi connectivity index (χ1n) is 8.71. The molecule has 0 spiro atoms. The van der Waals surface area contributed by atoms with Crippen molar-refractivity contribution in [3.63, 3.8) is 0 Å². The van der Waals surface area contributed by atoms with Crippen LogP contribution in [-0.4, -0.2) is 18.0 Å². The predicted octanol–water partition coefficient (Wildman–Crippen LogP) is 3.88.